The molecule has 2 amide bonds. The van der Waals surface area contributed by atoms with Crippen molar-refractivity contribution in [1.82, 2.24) is 9.97 Å². The number of rotatable bonds is 5. The zero-order chi connectivity index (χ0) is 21.1. The molecule has 0 atom stereocenters. The molecule has 0 spiro atoms. The van der Waals surface area contributed by atoms with Crippen LogP contribution < -0.4 is 10.6 Å². The van der Waals surface area contributed by atoms with Crippen LogP contribution in [0, 0.1) is 5.82 Å². The summed E-state index contributed by atoms with van der Waals surface area (Å²) in [4.78, 5) is 31.3. The van der Waals surface area contributed by atoms with Crippen LogP contribution in [0.4, 0.5) is 15.8 Å². The molecule has 7 heteroatoms. The molecule has 0 saturated heterocycles. The van der Waals surface area contributed by atoms with E-state index in [1.807, 2.05) is 0 Å². The Morgan fingerprint density at radius 2 is 1.70 bits per heavy atom. The summed E-state index contributed by atoms with van der Waals surface area (Å²) in [7, 11) is 0. The number of imidazole rings is 1. The molecule has 0 saturated carbocycles. The highest BCUT2D eigenvalue weighted by Gasteiger charge is 2.10. The summed E-state index contributed by atoms with van der Waals surface area (Å²) in [6.45, 7) is 1.42. The zero-order valence-corrected chi connectivity index (χ0v) is 16.2. The number of hydrogen-bond donors (Lipinski definition) is 3. The van der Waals surface area contributed by atoms with Gasteiger partial charge < -0.3 is 15.6 Å². The van der Waals surface area contributed by atoms with Crippen molar-refractivity contribution < 1.29 is 14.0 Å². The van der Waals surface area contributed by atoms with E-state index in [0.29, 0.717) is 34.7 Å². The number of anilines is 2. The van der Waals surface area contributed by atoms with Crippen LogP contribution in [0.15, 0.2) is 66.7 Å². The first kappa shape index (κ1) is 19.3. The second-order valence-electron chi connectivity index (χ2n) is 6.90. The van der Waals surface area contributed by atoms with Gasteiger partial charge in [0.15, 0.2) is 0 Å². The van der Waals surface area contributed by atoms with Crippen molar-refractivity contribution in [2.24, 2.45) is 0 Å². The standard InChI is InChI=1S/C23H19FN4O2/c1-14(29)25-17-8-6-15(7-9-17)23(30)26-18-10-11-20-21(13-18)28-22(27-20)12-16-4-2-3-5-19(16)24/h2-11,13H,12H2,1H3,(H,25,29)(H,26,30)(H,27,28). The molecule has 150 valence electrons. The predicted molar refractivity (Wildman–Crippen MR) is 114 cm³/mol. The van der Waals surface area contributed by atoms with E-state index in [1.54, 1.807) is 60.7 Å². The lowest BCUT2D eigenvalue weighted by Crippen LogP contribution is -2.12. The smallest absolute Gasteiger partial charge is 0.255 e. The molecule has 30 heavy (non-hydrogen) atoms. The monoisotopic (exact) mass is 402 g/mol. The molecule has 0 unspecified atom stereocenters. The average Bonchev–Trinajstić information content (AvgIpc) is 3.11. The Labute approximate surface area is 172 Å². The molecule has 0 radical (unpaired) electrons. The molecular weight excluding hydrogens is 383 g/mol. The fraction of sp³-hybridized carbons (Fsp3) is 0.0870. The third-order valence-electron chi connectivity index (χ3n) is 4.57. The molecule has 4 rings (SSSR count). The first-order chi connectivity index (χ1) is 14.5. The van der Waals surface area contributed by atoms with Crippen molar-refractivity contribution in [3.05, 3.63) is 89.5 Å². The van der Waals surface area contributed by atoms with Gasteiger partial charge in [0.1, 0.15) is 11.6 Å². The second kappa shape index (κ2) is 8.16. The maximum absolute atomic E-state index is 13.9. The van der Waals surface area contributed by atoms with Crippen LogP contribution in [0.5, 0.6) is 0 Å². The Morgan fingerprint density at radius 3 is 2.43 bits per heavy atom. The minimum absolute atomic E-state index is 0.172. The van der Waals surface area contributed by atoms with Gasteiger partial charge in [-0.3, -0.25) is 9.59 Å². The van der Waals surface area contributed by atoms with E-state index in [9.17, 15) is 14.0 Å². The van der Waals surface area contributed by atoms with Gasteiger partial charge in [-0.05, 0) is 54.1 Å². The van der Waals surface area contributed by atoms with E-state index in [2.05, 4.69) is 20.6 Å². The average molecular weight is 402 g/mol. The number of aromatic nitrogens is 2. The summed E-state index contributed by atoms with van der Waals surface area (Å²) < 4.78 is 13.9. The number of aromatic amines is 1. The number of halogens is 1. The van der Waals surface area contributed by atoms with Crippen LogP contribution in [-0.2, 0) is 11.2 Å². The van der Waals surface area contributed by atoms with Crippen molar-refractivity contribution >= 4 is 34.2 Å². The summed E-state index contributed by atoms with van der Waals surface area (Å²) in [6, 6.07) is 18.6. The molecule has 1 aromatic heterocycles. The number of nitrogens with zero attached hydrogens (tertiary/aromatic N) is 1. The van der Waals surface area contributed by atoms with Crippen molar-refractivity contribution in [3.63, 3.8) is 0 Å². The van der Waals surface area contributed by atoms with Crippen LogP contribution in [0.2, 0.25) is 0 Å². The second-order valence-corrected chi connectivity index (χ2v) is 6.90. The largest absolute Gasteiger partial charge is 0.342 e. The highest BCUT2D eigenvalue weighted by molar-refractivity contribution is 6.05. The normalized spacial score (nSPS) is 10.7. The van der Waals surface area contributed by atoms with Crippen LogP contribution in [0.25, 0.3) is 11.0 Å². The van der Waals surface area contributed by atoms with E-state index in [4.69, 9.17) is 0 Å². The quantitative estimate of drug-likeness (QED) is 0.459. The van der Waals surface area contributed by atoms with E-state index < -0.39 is 0 Å². The lowest BCUT2D eigenvalue weighted by molar-refractivity contribution is -0.114. The Bertz CT molecular complexity index is 1230. The van der Waals surface area contributed by atoms with Crippen LogP contribution in [-0.4, -0.2) is 21.8 Å². The summed E-state index contributed by atoms with van der Waals surface area (Å²) in [6.07, 6.45) is 0.351. The van der Waals surface area contributed by atoms with E-state index in [1.165, 1.54) is 13.0 Å². The maximum atomic E-state index is 13.9. The molecule has 6 nitrogen and oxygen atoms in total. The number of carbonyl (C=O) groups excluding carboxylic acids is 2. The molecule has 3 aromatic carbocycles. The number of H-pyrrole nitrogens is 1. The van der Waals surface area contributed by atoms with Gasteiger partial charge >= 0.3 is 0 Å². The van der Waals surface area contributed by atoms with Gasteiger partial charge in [0, 0.05) is 30.3 Å². The number of carbonyl (C=O) groups is 2. The van der Waals surface area contributed by atoms with Crippen LogP contribution in [0.1, 0.15) is 28.7 Å². The van der Waals surface area contributed by atoms with Gasteiger partial charge in [-0.2, -0.15) is 0 Å². The topological polar surface area (TPSA) is 86.9 Å². The summed E-state index contributed by atoms with van der Waals surface area (Å²) in [5.74, 6) is -0.0631. The first-order valence-corrected chi connectivity index (χ1v) is 9.39. The Morgan fingerprint density at radius 1 is 0.967 bits per heavy atom. The number of amides is 2. The van der Waals surface area contributed by atoms with E-state index in [0.717, 1.165) is 11.0 Å². The predicted octanol–water partition coefficient (Wildman–Crippen LogP) is 4.50. The molecule has 3 N–H and O–H groups in total. The number of fused-ring (bicyclic) bond motifs is 1. The fourth-order valence-corrected chi connectivity index (χ4v) is 3.16. The summed E-state index contributed by atoms with van der Waals surface area (Å²) >= 11 is 0. The Hall–Kier alpha value is -4.00. The maximum Gasteiger partial charge on any atom is 0.255 e. The van der Waals surface area contributed by atoms with Gasteiger partial charge in [-0.25, -0.2) is 9.37 Å². The molecule has 1 heterocycles. The van der Waals surface area contributed by atoms with Crippen molar-refractivity contribution in [2.45, 2.75) is 13.3 Å². The van der Waals surface area contributed by atoms with Gasteiger partial charge in [0.2, 0.25) is 5.91 Å². The van der Waals surface area contributed by atoms with Crippen molar-refractivity contribution in [1.29, 1.82) is 0 Å². The number of nitrogens with one attached hydrogen (secondary N) is 3. The molecule has 0 fully saturated rings. The number of benzene rings is 3. The Balaban J connectivity index is 1.49. The fourth-order valence-electron chi connectivity index (χ4n) is 3.16. The minimum atomic E-state index is -0.269. The van der Waals surface area contributed by atoms with Crippen LogP contribution in [0.3, 0.4) is 0 Å². The minimum Gasteiger partial charge on any atom is -0.342 e. The summed E-state index contributed by atoms with van der Waals surface area (Å²) in [5, 5.41) is 5.50. The number of hydrogen-bond acceptors (Lipinski definition) is 3. The SMILES string of the molecule is CC(=O)Nc1ccc(C(=O)Nc2ccc3nc(Cc4ccccc4F)[nH]c3c2)cc1. The van der Waals surface area contributed by atoms with Crippen molar-refractivity contribution in [2.75, 3.05) is 10.6 Å². The van der Waals surface area contributed by atoms with Crippen molar-refractivity contribution in [3.8, 4) is 0 Å². The lowest BCUT2D eigenvalue weighted by Gasteiger charge is -2.07. The van der Waals surface area contributed by atoms with Gasteiger partial charge in [-0.15, -0.1) is 0 Å². The van der Waals surface area contributed by atoms with Gasteiger partial charge in [0.25, 0.3) is 5.91 Å². The lowest BCUT2D eigenvalue weighted by atomic mass is 10.1. The molecule has 4 aromatic rings. The summed E-state index contributed by atoms with van der Waals surface area (Å²) in [5.41, 5.74) is 3.75. The van der Waals surface area contributed by atoms with E-state index in [-0.39, 0.29) is 17.6 Å². The van der Waals surface area contributed by atoms with Gasteiger partial charge in [0.05, 0.1) is 11.0 Å². The van der Waals surface area contributed by atoms with E-state index >= 15 is 0 Å². The molecule has 0 aliphatic heterocycles. The first-order valence-electron chi connectivity index (χ1n) is 9.39. The van der Waals surface area contributed by atoms with Gasteiger partial charge in [-0.1, -0.05) is 18.2 Å². The molecule has 0 aliphatic carbocycles. The molecule has 0 bridgehead atoms. The Kier molecular flexibility index (Phi) is 5.26. The molecule has 0 aliphatic rings. The third kappa shape index (κ3) is 4.35. The zero-order valence-electron chi connectivity index (χ0n) is 16.2. The third-order valence-corrected chi connectivity index (χ3v) is 4.57. The highest BCUT2D eigenvalue weighted by Crippen LogP contribution is 2.20. The highest BCUT2D eigenvalue weighted by atomic mass is 19.1. The van der Waals surface area contributed by atoms with Crippen LogP contribution >= 0.6 is 0 Å². The molecular formula is C23H19FN4O2.